The predicted octanol–water partition coefficient (Wildman–Crippen LogP) is 2.04. The number of fused-ring (bicyclic) bond motifs is 1. The number of amides is 2. The van der Waals surface area contributed by atoms with E-state index < -0.39 is 0 Å². The van der Waals surface area contributed by atoms with E-state index in [1.165, 1.54) is 0 Å². The van der Waals surface area contributed by atoms with E-state index in [9.17, 15) is 9.59 Å². The van der Waals surface area contributed by atoms with E-state index in [-0.39, 0.29) is 17.9 Å². The average molecular weight is 311 g/mol. The maximum Gasteiger partial charge on any atom is 0.271 e. The van der Waals surface area contributed by atoms with E-state index in [1.807, 2.05) is 65.1 Å². The Morgan fingerprint density at radius 3 is 2.74 bits per heavy atom. The molecule has 2 heterocycles. The Morgan fingerprint density at radius 2 is 2.00 bits per heavy atom. The summed E-state index contributed by atoms with van der Waals surface area (Å²) in [5, 5.41) is 2.92. The summed E-state index contributed by atoms with van der Waals surface area (Å²) in [5.41, 5.74) is 1.80. The molecule has 1 unspecified atom stereocenters. The molecule has 3 rings (SSSR count). The normalized spacial score (nSPS) is 17.0. The third-order valence-electron chi connectivity index (χ3n) is 4.21. The second-order valence-corrected chi connectivity index (χ2v) is 5.78. The number of aromatic nitrogens is 1. The molecular formula is C18H21N3O2. The molecule has 2 amide bonds. The van der Waals surface area contributed by atoms with Crippen molar-refractivity contribution < 1.29 is 9.59 Å². The fraction of sp³-hybridized carbons (Fsp3) is 0.333. The largest absolute Gasteiger partial charge is 0.354 e. The number of carbonyl (C=O) groups is 2. The summed E-state index contributed by atoms with van der Waals surface area (Å²) < 4.78 is 1.96. The Kier molecular flexibility index (Phi) is 4.46. The van der Waals surface area contributed by atoms with Gasteiger partial charge in [0.15, 0.2) is 0 Å². The van der Waals surface area contributed by atoms with Crippen LogP contribution in [0.1, 0.15) is 29.4 Å². The van der Waals surface area contributed by atoms with Crippen molar-refractivity contribution in [2.24, 2.45) is 0 Å². The van der Waals surface area contributed by atoms with E-state index in [1.54, 1.807) is 0 Å². The van der Waals surface area contributed by atoms with Gasteiger partial charge in [0.05, 0.1) is 6.04 Å². The summed E-state index contributed by atoms with van der Waals surface area (Å²) in [6.45, 7) is 3.55. The quantitative estimate of drug-likeness (QED) is 0.919. The van der Waals surface area contributed by atoms with Crippen LogP contribution >= 0.6 is 0 Å². The van der Waals surface area contributed by atoms with Crippen molar-refractivity contribution >= 4 is 11.8 Å². The molecule has 1 atom stereocenters. The van der Waals surface area contributed by atoms with Crippen LogP contribution in [-0.4, -0.2) is 33.9 Å². The molecule has 2 aromatic rings. The number of rotatable bonds is 5. The zero-order valence-corrected chi connectivity index (χ0v) is 13.2. The Hall–Kier alpha value is -2.56. The first-order valence-electron chi connectivity index (χ1n) is 7.95. The topological polar surface area (TPSA) is 54.3 Å². The highest BCUT2D eigenvalue weighted by Gasteiger charge is 2.32. The molecule has 0 saturated heterocycles. The molecule has 0 spiro atoms. The maximum absolute atomic E-state index is 12.8. The highest BCUT2D eigenvalue weighted by Crippen LogP contribution is 2.20. The molecule has 1 aromatic carbocycles. The van der Waals surface area contributed by atoms with Gasteiger partial charge in [-0.1, -0.05) is 37.3 Å². The van der Waals surface area contributed by atoms with Gasteiger partial charge >= 0.3 is 0 Å². The van der Waals surface area contributed by atoms with Gasteiger partial charge in [0.2, 0.25) is 5.91 Å². The highest BCUT2D eigenvalue weighted by molar-refractivity contribution is 5.93. The van der Waals surface area contributed by atoms with Crippen LogP contribution in [0.25, 0.3) is 0 Å². The van der Waals surface area contributed by atoms with Gasteiger partial charge in [-0.25, -0.2) is 0 Å². The van der Waals surface area contributed by atoms with Gasteiger partial charge in [-0.2, -0.15) is 0 Å². The lowest BCUT2D eigenvalue weighted by molar-refractivity contribution is -0.121. The van der Waals surface area contributed by atoms with Crippen LogP contribution in [0.3, 0.4) is 0 Å². The van der Waals surface area contributed by atoms with Crippen molar-refractivity contribution in [3.05, 3.63) is 59.9 Å². The van der Waals surface area contributed by atoms with Crippen LogP contribution in [0.4, 0.5) is 0 Å². The molecule has 0 radical (unpaired) electrons. The number of nitrogens with one attached hydrogen (secondary N) is 1. The van der Waals surface area contributed by atoms with Crippen molar-refractivity contribution in [2.75, 3.05) is 6.54 Å². The number of hydrogen-bond acceptors (Lipinski definition) is 2. The molecule has 1 aromatic heterocycles. The van der Waals surface area contributed by atoms with Crippen molar-refractivity contribution in [1.29, 1.82) is 0 Å². The van der Waals surface area contributed by atoms with Crippen LogP contribution in [0.15, 0.2) is 48.7 Å². The molecule has 1 N–H and O–H groups in total. The minimum Gasteiger partial charge on any atom is -0.354 e. The first-order chi connectivity index (χ1) is 11.2. The summed E-state index contributed by atoms with van der Waals surface area (Å²) in [5.74, 6) is 0.0243. The Balaban J connectivity index is 1.82. The summed E-state index contributed by atoms with van der Waals surface area (Å²) >= 11 is 0. The molecular weight excluding hydrogens is 290 g/mol. The van der Waals surface area contributed by atoms with Crippen LogP contribution in [-0.2, 0) is 17.9 Å². The fourth-order valence-electron chi connectivity index (χ4n) is 2.92. The SMILES string of the molecule is CCC(=O)NCC1Cn2cccc2C(=O)N1Cc1ccccc1. The van der Waals surface area contributed by atoms with E-state index in [0.717, 1.165) is 5.56 Å². The van der Waals surface area contributed by atoms with Crippen LogP contribution in [0, 0.1) is 0 Å². The molecule has 0 fully saturated rings. The van der Waals surface area contributed by atoms with E-state index in [2.05, 4.69) is 5.32 Å². The lowest BCUT2D eigenvalue weighted by Crippen LogP contribution is -2.52. The average Bonchev–Trinajstić information content (AvgIpc) is 3.05. The van der Waals surface area contributed by atoms with Crippen molar-refractivity contribution in [1.82, 2.24) is 14.8 Å². The molecule has 120 valence electrons. The summed E-state index contributed by atoms with van der Waals surface area (Å²) in [6.07, 6.45) is 2.37. The molecule has 0 aliphatic carbocycles. The van der Waals surface area contributed by atoms with Crippen molar-refractivity contribution in [3.63, 3.8) is 0 Å². The van der Waals surface area contributed by atoms with E-state index in [4.69, 9.17) is 0 Å². The monoisotopic (exact) mass is 311 g/mol. The smallest absolute Gasteiger partial charge is 0.271 e. The van der Waals surface area contributed by atoms with Gasteiger partial charge in [0.25, 0.3) is 5.91 Å². The Bertz CT molecular complexity index is 693. The first kappa shape index (κ1) is 15.3. The summed E-state index contributed by atoms with van der Waals surface area (Å²) in [4.78, 5) is 26.2. The minimum absolute atomic E-state index is 0.00964. The first-order valence-corrected chi connectivity index (χ1v) is 7.95. The lowest BCUT2D eigenvalue weighted by atomic mass is 10.1. The van der Waals surface area contributed by atoms with E-state index in [0.29, 0.717) is 31.7 Å². The van der Waals surface area contributed by atoms with Gasteiger partial charge < -0.3 is 14.8 Å². The highest BCUT2D eigenvalue weighted by atomic mass is 16.2. The van der Waals surface area contributed by atoms with Crippen LogP contribution in [0.5, 0.6) is 0 Å². The fourth-order valence-corrected chi connectivity index (χ4v) is 2.92. The molecule has 0 bridgehead atoms. The van der Waals surface area contributed by atoms with Crippen LogP contribution in [0.2, 0.25) is 0 Å². The van der Waals surface area contributed by atoms with Gasteiger partial charge in [0.1, 0.15) is 5.69 Å². The number of benzene rings is 1. The Labute approximate surface area is 135 Å². The third-order valence-corrected chi connectivity index (χ3v) is 4.21. The zero-order chi connectivity index (χ0) is 16.2. The molecule has 1 aliphatic heterocycles. The third kappa shape index (κ3) is 3.28. The molecule has 0 saturated carbocycles. The predicted molar refractivity (Wildman–Crippen MR) is 87.8 cm³/mol. The minimum atomic E-state index is -0.0434. The van der Waals surface area contributed by atoms with Crippen molar-refractivity contribution in [3.8, 4) is 0 Å². The molecule has 23 heavy (non-hydrogen) atoms. The van der Waals surface area contributed by atoms with Gasteiger partial charge in [-0.05, 0) is 17.7 Å². The molecule has 5 nitrogen and oxygen atoms in total. The summed E-state index contributed by atoms with van der Waals surface area (Å²) in [6, 6.07) is 13.6. The molecule has 1 aliphatic rings. The molecule has 5 heteroatoms. The maximum atomic E-state index is 12.8. The number of carbonyl (C=O) groups excluding carboxylic acids is 2. The number of nitrogens with zero attached hydrogens (tertiary/aromatic N) is 2. The summed E-state index contributed by atoms with van der Waals surface area (Å²) in [7, 11) is 0. The lowest BCUT2D eigenvalue weighted by Gasteiger charge is -2.37. The second kappa shape index (κ2) is 6.69. The van der Waals surface area contributed by atoms with Gasteiger partial charge in [-0.15, -0.1) is 0 Å². The number of hydrogen-bond donors (Lipinski definition) is 1. The van der Waals surface area contributed by atoms with Crippen LogP contribution < -0.4 is 5.32 Å². The standard InChI is InChI=1S/C18H21N3O2/c1-2-17(22)19-11-15-13-20-10-6-9-16(20)18(23)21(15)12-14-7-4-3-5-8-14/h3-10,15H,2,11-13H2,1H3,(H,19,22). The second-order valence-electron chi connectivity index (χ2n) is 5.78. The van der Waals surface area contributed by atoms with Gasteiger partial charge in [0, 0.05) is 32.3 Å². The van der Waals surface area contributed by atoms with E-state index >= 15 is 0 Å². The zero-order valence-electron chi connectivity index (χ0n) is 13.2. The van der Waals surface area contributed by atoms with Gasteiger partial charge in [-0.3, -0.25) is 9.59 Å². The Morgan fingerprint density at radius 1 is 1.22 bits per heavy atom. The van der Waals surface area contributed by atoms with Crippen molar-refractivity contribution in [2.45, 2.75) is 32.5 Å².